The number of hydrogen-bond donors (Lipinski definition) is 0. The minimum absolute atomic E-state index is 1.04. The fourth-order valence-corrected chi connectivity index (χ4v) is 2.59. The van der Waals surface area contributed by atoms with Crippen LogP contribution in [0.2, 0.25) is 19.1 Å². The van der Waals surface area contributed by atoms with Gasteiger partial charge in [0, 0.05) is 6.42 Å². The molecule has 0 radical (unpaired) electrons. The minimum Gasteiger partial charge on any atom is -0.547 e. The van der Waals surface area contributed by atoms with Gasteiger partial charge in [-0.05, 0) is 51.1 Å². The lowest BCUT2D eigenvalue weighted by Gasteiger charge is -2.24. The predicted octanol–water partition coefficient (Wildman–Crippen LogP) is 4.24. The summed E-state index contributed by atoms with van der Waals surface area (Å²) in [7, 11) is -1.43. The predicted molar refractivity (Wildman–Crippen MR) is 64.7 cm³/mol. The first-order valence-electron chi connectivity index (χ1n) is 5.43. The second-order valence-electron chi connectivity index (χ2n) is 4.85. The molecular weight excluding hydrogens is 188 g/mol. The molecule has 1 rings (SSSR count). The van der Waals surface area contributed by atoms with Gasteiger partial charge in [-0.3, -0.25) is 0 Å². The van der Waals surface area contributed by atoms with Crippen LogP contribution in [0, 0.1) is 0 Å². The molecule has 0 bridgehead atoms. The van der Waals surface area contributed by atoms with E-state index in [-0.39, 0.29) is 0 Å². The van der Waals surface area contributed by atoms with Gasteiger partial charge in [-0.1, -0.05) is 12.5 Å². The summed E-state index contributed by atoms with van der Waals surface area (Å²) in [5.41, 5.74) is 4.27. The Morgan fingerprint density at radius 1 is 1.14 bits per heavy atom. The lowest BCUT2D eigenvalue weighted by molar-refractivity contribution is 0.403. The molecule has 80 valence electrons. The van der Waals surface area contributed by atoms with Crippen LogP contribution in [0.1, 0.15) is 34.1 Å². The SMILES string of the molecule is CC[Si](C)(C)OC1=C(C)C(C)=C(C)C1. The van der Waals surface area contributed by atoms with E-state index in [4.69, 9.17) is 4.43 Å². The lowest BCUT2D eigenvalue weighted by Crippen LogP contribution is -2.28. The summed E-state index contributed by atoms with van der Waals surface area (Å²) in [5.74, 6) is 1.23. The standard InChI is InChI=1S/C12H22OSi/c1-7-14(5,6)13-12-8-9(2)10(3)11(12)4/h7-8H2,1-6H3. The smallest absolute Gasteiger partial charge is 0.244 e. The third-order valence-electron chi connectivity index (χ3n) is 3.30. The topological polar surface area (TPSA) is 9.23 Å². The third kappa shape index (κ3) is 2.29. The van der Waals surface area contributed by atoms with Crippen molar-refractivity contribution < 1.29 is 4.43 Å². The molecule has 0 atom stereocenters. The zero-order valence-corrected chi connectivity index (χ0v) is 11.3. The Kier molecular flexibility index (Phi) is 3.25. The molecule has 1 nitrogen and oxygen atoms in total. The van der Waals surface area contributed by atoms with Crippen molar-refractivity contribution >= 4 is 8.32 Å². The summed E-state index contributed by atoms with van der Waals surface area (Å²) in [5, 5.41) is 0. The molecule has 0 saturated heterocycles. The summed E-state index contributed by atoms with van der Waals surface area (Å²) in [4.78, 5) is 0. The zero-order valence-electron chi connectivity index (χ0n) is 10.3. The molecule has 0 amide bonds. The third-order valence-corrected chi connectivity index (χ3v) is 5.80. The first-order valence-corrected chi connectivity index (χ1v) is 8.54. The van der Waals surface area contributed by atoms with Crippen molar-refractivity contribution in [1.82, 2.24) is 0 Å². The molecule has 0 N–H and O–H groups in total. The monoisotopic (exact) mass is 210 g/mol. The van der Waals surface area contributed by atoms with Crippen molar-refractivity contribution in [3.05, 3.63) is 22.5 Å². The highest BCUT2D eigenvalue weighted by Gasteiger charge is 2.26. The van der Waals surface area contributed by atoms with Crippen LogP contribution in [-0.2, 0) is 4.43 Å². The van der Waals surface area contributed by atoms with E-state index in [1.54, 1.807) is 0 Å². The summed E-state index contributed by atoms with van der Waals surface area (Å²) in [6.07, 6.45) is 1.04. The highest BCUT2D eigenvalue weighted by molar-refractivity contribution is 6.71. The maximum atomic E-state index is 6.18. The highest BCUT2D eigenvalue weighted by atomic mass is 28.4. The van der Waals surface area contributed by atoms with E-state index in [1.807, 2.05) is 0 Å². The van der Waals surface area contributed by atoms with Crippen LogP contribution in [0.5, 0.6) is 0 Å². The molecule has 0 fully saturated rings. The van der Waals surface area contributed by atoms with E-state index >= 15 is 0 Å². The average molecular weight is 210 g/mol. The molecule has 1 aliphatic carbocycles. The fraction of sp³-hybridized carbons (Fsp3) is 0.667. The molecule has 14 heavy (non-hydrogen) atoms. The molecule has 0 aromatic rings. The summed E-state index contributed by atoms with van der Waals surface area (Å²) in [6, 6.07) is 1.18. The normalized spacial score (nSPS) is 18.1. The van der Waals surface area contributed by atoms with Gasteiger partial charge in [0.2, 0.25) is 8.32 Å². The van der Waals surface area contributed by atoms with Crippen LogP contribution >= 0.6 is 0 Å². The minimum atomic E-state index is -1.43. The fourth-order valence-electron chi connectivity index (χ4n) is 1.55. The quantitative estimate of drug-likeness (QED) is 0.633. The largest absolute Gasteiger partial charge is 0.547 e. The van der Waals surface area contributed by atoms with E-state index in [2.05, 4.69) is 40.8 Å². The van der Waals surface area contributed by atoms with Crippen LogP contribution < -0.4 is 0 Å². The van der Waals surface area contributed by atoms with Crippen LogP contribution in [0.25, 0.3) is 0 Å². The van der Waals surface area contributed by atoms with Gasteiger partial charge in [0.1, 0.15) is 0 Å². The second kappa shape index (κ2) is 3.93. The Balaban J connectivity index is 2.76. The summed E-state index contributed by atoms with van der Waals surface area (Å²) < 4.78 is 6.18. The molecular formula is C12H22OSi. The highest BCUT2D eigenvalue weighted by Crippen LogP contribution is 2.34. The van der Waals surface area contributed by atoms with Gasteiger partial charge in [-0.15, -0.1) is 0 Å². The molecule has 0 saturated carbocycles. The van der Waals surface area contributed by atoms with Crippen molar-refractivity contribution in [2.45, 2.75) is 53.3 Å². The molecule has 0 aromatic carbocycles. The molecule has 1 aliphatic rings. The van der Waals surface area contributed by atoms with Crippen LogP contribution in [-0.4, -0.2) is 8.32 Å². The molecule has 0 aliphatic heterocycles. The summed E-state index contributed by atoms with van der Waals surface area (Å²) >= 11 is 0. The number of rotatable bonds is 3. The van der Waals surface area contributed by atoms with Crippen molar-refractivity contribution in [2.24, 2.45) is 0 Å². The Bertz CT molecular complexity index is 297. The van der Waals surface area contributed by atoms with E-state index in [9.17, 15) is 0 Å². The Morgan fingerprint density at radius 2 is 1.71 bits per heavy atom. The average Bonchev–Trinajstić information content (AvgIpc) is 2.33. The molecule has 0 heterocycles. The van der Waals surface area contributed by atoms with Gasteiger partial charge < -0.3 is 4.43 Å². The van der Waals surface area contributed by atoms with Gasteiger partial charge in [-0.2, -0.15) is 0 Å². The first kappa shape index (κ1) is 11.6. The molecule has 0 unspecified atom stereocenters. The van der Waals surface area contributed by atoms with E-state index < -0.39 is 8.32 Å². The van der Waals surface area contributed by atoms with E-state index in [0.717, 1.165) is 6.42 Å². The van der Waals surface area contributed by atoms with Crippen molar-refractivity contribution in [2.75, 3.05) is 0 Å². The van der Waals surface area contributed by atoms with E-state index in [1.165, 1.54) is 28.5 Å². The zero-order chi connectivity index (χ0) is 10.9. The lowest BCUT2D eigenvalue weighted by atomic mass is 10.1. The number of allylic oxidation sites excluding steroid dienone is 3. The van der Waals surface area contributed by atoms with Crippen LogP contribution in [0.15, 0.2) is 22.5 Å². The maximum absolute atomic E-state index is 6.18. The van der Waals surface area contributed by atoms with Crippen molar-refractivity contribution in [1.29, 1.82) is 0 Å². The maximum Gasteiger partial charge on any atom is 0.244 e. The number of hydrogen-bond acceptors (Lipinski definition) is 1. The van der Waals surface area contributed by atoms with Gasteiger partial charge in [-0.25, -0.2) is 0 Å². The Morgan fingerprint density at radius 3 is 2.07 bits per heavy atom. The summed E-state index contributed by atoms with van der Waals surface area (Å²) in [6.45, 7) is 13.4. The molecule has 0 spiro atoms. The van der Waals surface area contributed by atoms with Gasteiger partial charge in [0.05, 0.1) is 5.76 Å². The van der Waals surface area contributed by atoms with Crippen molar-refractivity contribution in [3.63, 3.8) is 0 Å². The van der Waals surface area contributed by atoms with Gasteiger partial charge in [0.15, 0.2) is 0 Å². The Hall–Kier alpha value is -0.503. The van der Waals surface area contributed by atoms with Gasteiger partial charge in [0.25, 0.3) is 0 Å². The molecule has 0 aromatic heterocycles. The second-order valence-corrected chi connectivity index (χ2v) is 9.28. The van der Waals surface area contributed by atoms with Crippen LogP contribution in [0.4, 0.5) is 0 Å². The van der Waals surface area contributed by atoms with Crippen molar-refractivity contribution in [3.8, 4) is 0 Å². The molecule has 2 heteroatoms. The van der Waals surface area contributed by atoms with Crippen LogP contribution in [0.3, 0.4) is 0 Å². The first-order chi connectivity index (χ1) is 6.37. The Labute approximate surface area is 89.0 Å². The van der Waals surface area contributed by atoms with Gasteiger partial charge >= 0.3 is 0 Å². The van der Waals surface area contributed by atoms with E-state index in [0.29, 0.717) is 0 Å².